The molecule has 0 spiro atoms. The number of nitrogens with one attached hydrogen (secondary N) is 1. The van der Waals surface area contributed by atoms with Gasteiger partial charge in [0.05, 0.1) is 0 Å². The van der Waals surface area contributed by atoms with E-state index < -0.39 is 23.2 Å². The fourth-order valence-corrected chi connectivity index (χ4v) is 4.60. The van der Waals surface area contributed by atoms with E-state index in [1.165, 1.54) is 12.1 Å². The topological polar surface area (TPSA) is 66.4 Å². The van der Waals surface area contributed by atoms with Crippen LogP contribution in [0.1, 0.15) is 30.7 Å². The van der Waals surface area contributed by atoms with E-state index in [2.05, 4.69) is 5.32 Å². The minimum atomic E-state index is -1.19. The molecule has 0 bridgehead atoms. The number of amides is 1. The second-order valence-corrected chi connectivity index (χ2v) is 7.70. The summed E-state index contributed by atoms with van der Waals surface area (Å²) in [6.07, 6.45) is 1.32. The Hall–Kier alpha value is -1.27. The quantitative estimate of drug-likeness (QED) is 0.869. The predicted octanol–water partition coefficient (Wildman–Crippen LogP) is 3.05. The number of hydrogen-bond donors (Lipinski definition) is 2. The van der Waals surface area contributed by atoms with E-state index in [9.17, 15) is 19.1 Å². The largest absolute Gasteiger partial charge is 0.480 e. The average Bonchev–Trinajstić information content (AvgIpc) is 3.28. The van der Waals surface area contributed by atoms with E-state index in [0.717, 1.165) is 0 Å². The zero-order valence-electron chi connectivity index (χ0n) is 12.4. The van der Waals surface area contributed by atoms with Gasteiger partial charge < -0.3 is 10.4 Å². The molecule has 7 heteroatoms. The molecule has 124 valence electrons. The van der Waals surface area contributed by atoms with E-state index in [-0.39, 0.29) is 11.8 Å². The molecule has 1 aliphatic carbocycles. The van der Waals surface area contributed by atoms with Crippen LogP contribution in [0.4, 0.5) is 4.39 Å². The Morgan fingerprint density at radius 1 is 1.35 bits per heavy atom. The van der Waals surface area contributed by atoms with Gasteiger partial charge in [0.25, 0.3) is 0 Å². The van der Waals surface area contributed by atoms with Crippen molar-refractivity contribution in [1.82, 2.24) is 5.32 Å². The van der Waals surface area contributed by atoms with E-state index in [0.29, 0.717) is 41.4 Å². The molecule has 1 aromatic rings. The Morgan fingerprint density at radius 2 is 2.04 bits per heavy atom. The van der Waals surface area contributed by atoms with E-state index in [1.807, 2.05) is 0 Å². The van der Waals surface area contributed by atoms with Crippen LogP contribution in [0.25, 0.3) is 0 Å². The third kappa shape index (κ3) is 3.19. The van der Waals surface area contributed by atoms with Crippen molar-refractivity contribution in [3.63, 3.8) is 0 Å². The molecule has 2 aliphatic rings. The van der Waals surface area contributed by atoms with Gasteiger partial charge in [-0.3, -0.25) is 4.79 Å². The van der Waals surface area contributed by atoms with Crippen molar-refractivity contribution in [1.29, 1.82) is 0 Å². The molecule has 0 aromatic heterocycles. The number of hydrogen-bond acceptors (Lipinski definition) is 3. The maximum atomic E-state index is 13.9. The molecule has 1 saturated carbocycles. The first-order valence-electron chi connectivity index (χ1n) is 7.52. The predicted molar refractivity (Wildman–Crippen MR) is 87.3 cm³/mol. The van der Waals surface area contributed by atoms with Gasteiger partial charge in [0.2, 0.25) is 5.91 Å². The highest BCUT2D eigenvalue weighted by Gasteiger charge is 2.50. The number of carbonyl (C=O) groups excluding carboxylic acids is 1. The SMILES string of the molecule is O=C(NC1(C(=O)O)CCSCC1)C1CC1c1c(F)cccc1Cl. The van der Waals surface area contributed by atoms with E-state index >= 15 is 0 Å². The second-order valence-electron chi connectivity index (χ2n) is 6.07. The lowest BCUT2D eigenvalue weighted by Crippen LogP contribution is -2.57. The lowest BCUT2D eigenvalue weighted by atomic mass is 9.92. The summed E-state index contributed by atoms with van der Waals surface area (Å²) < 4.78 is 13.9. The van der Waals surface area contributed by atoms with Crippen molar-refractivity contribution >= 4 is 35.2 Å². The van der Waals surface area contributed by atoms with Gasteiger partial charge in [-0.1, -0.05) is 17.7 Å². The number of carboxylic acid groups (broad SMARTS) is 1. The number of halogens is 2. The highest BCUT2D eigenvalue weighted by atomic mass is 35.5. The Labute approximate surface area is 142 Å². The number of benzene rings is 1. The van der Waals surface area contributed by atoms with Crippen molar-refractivity contribution in [2.24, 2.45) is 5.92 Å². The van der Waals surface area contributed by atoms with Crippen LogP contribution in [-0.2, 0) is 9.59 Å². The van der Waals surface area contributed by atoms with Crippen LogP contribution in [0, 0.1) is 11.7 Å². The number of carbonyl (C=O) groups is 2. The molecule has 4 nitrogen and oxygen atoms in total. The summed E-state index contributed by atoms with van der Waals surface area (Å²) in [5, 5.41) is 12.5. The number of aliphatic carboxylic acids is 1. The molecule has 23 heavy (non-hydrogen) atoms. The Morgan fingerprint density at radius 3 is 2.65 bits per heavy atom. The molecule has 2 N–H and O–H groups in total. The summed E-state index contributed by atoms with van der Waals surface area (Å²) in [7, 11) is 0. The second kappa shape index (κ2) is 6.32. The maximum Gasteiger partial charge on any atom is 0.329 e. The van der Waals surface area contributed by atoms with Gasteiger partial charge in [-0.25, -0.2) is 9.18 Å². The molecule has 1 aromatic carbocycles. The van der Waals surface area contributed by atoms with Crippen LogP contribution in [0.2, 0.25) is 5.02 Å². The Bertz CT molecular complexity index is 628. The monoisotopic (exact) mass is 357 g/mol. The van der Waals surface area contributed by atoms with Crippen molar-refractivity contribution in [3.8, 4) is 0 Å². The van der Waals surface area contributed by atoms with E-state index in [1.54, 1.807) is 17.8 Å². The van der Waals surface area contributed by atoms with Gasteiger partial charge in [0.15, 0.2) is 0 Å². The minimum absolute atomic E-state index is 0.271. The molecular weight excluding hydrogens is 341 g/mol. The van der Waals surface area contributed by atoms with Gasteiger partial charge in [-0.2, -0.15) is 11.8 Å². The van der Waals surface area contributed by atoms with Crippen LogP contribution in [-0.4, -0.2) is 34.0 Å². The fourth-order valence-electron chi connectivity index (χ4n) is 3.11. The third-order valence-electron chi connectivity index (χ3n) is 4.62. The highest BCUT2D eigenvalue weighted by molar-refractivity contribution is 7.99. The standard InChI is InChI=1S/C16H17ClFNO3S/c17-11-2-1-3-12(18)13(11)9-8-10(9)14(20)19-16(15(21)22)4-6-23-7-5-16/h1-3,9-10H,4-8H2,(H,19,20)(H,21,22). The zero-order valence-corrected chi connectivity index (χ0v) is 13.9. The summed E-state index contributed by atoms with van der Waals surface area (Å²) in [5.41, 5.74) is -0.827. The first-order chi connectivity index (χ1) is 10.9. The summed E-state index contributed by atoms with van der Waals surface area (Å²) >= 11 is 7.72. The summed E-state index contributed by atoms with van der Waals surface area (Å²) in [5.74, 6) is -0.988. The van der Waals surface area contributed by atoms with Crippen LogP contribution in [0.3, 0.4) is 0 Å². The molecule has 2 fully saturated rings. The highest BCUT2D eigenvalue weighted by Crippen LogP contribution is 2.51. The fraction of sp³-hybridized carbons (Fsp3) is 0.500. The molecule has 2 atom stereocenters. The van der Waals surface area contributed by atoms with Crippen molar-refractivity contribution in [2.45, 2.75) is 30.7 Å². The van der Waals surface area contributed by atoms with Crippen molar-refractivity contribution in [3.05, 3.63) is 34.6 Å². The molecule has 0 radical (unpaired) electrons. The van der Waals surface area contributed by atoms with Crippen molar-refractivity contribution in [2.75, 3.05) is 11.5 Å². The molecule has 2 unspecified atom stereocenters. The van der Waals surface area contributed by atoms with Crippen LogP contribution in [0.15, 0.2) is 18.2 Å². The normalized spacial score (nSPS) is 25.7. The van der Waals surface area contributed by atoms with Crippen LogP contribution >= 0.6 is 23.4 Å². The molecule has 3 rings (SSSR count). The lowest BCUT2D eigenvalue weighted by molar-refractivity contribution is -0.148. The van der Waals surface area contributed by atoms with Gasteiger partial charge in [0, 0.05) is 22.4 Å². The lowest BCUT2D eigenvalue weighted by Gasteiger charge is -2.33. The number of carboxylic acids is 1. The minimum Gasteiger partial charge on any atom is -0.480 e. The smallest absolute Gasteiger partial charge is 0.329 e. The van der Waals surface area contributed by atoms with E-state index in [4.69, 9.17) is 11.6 Å². The summed E-state index contributed by atoms with van der Waals surface area (Å²) in [4.78, 5) is 24.1. The van der Waals surface area contributed by atoms with Crippen molar-refractivity contribution < 1.29 is 19.1 Å². The van der Waals surface area contributed by atoms with Gasteiger partial charge in [0.1, 0.15) is 11.4 Å². The summed E-state index contributed by atoms with van der Waals surface area (Å²) in [6, 6.07) is 4.45. The molecule has 1 saturated heterocycles. The zero-order chi connectivity index (χ0) is 16.6. The third-order valence-corrected chi connectivity index (χ3v) is 5.93. The maximum absolute atomic E-state index is 13.9. The van der Waals surface area contributed by atoms with Crippen LogP contribution < -0.4 is 5.32 Å². The van der Waals surface area contributed by atoms with Gasteiger partial charge >= 0.3 is 5.97 Å². The molecule has 1 amide bonds. The summed E-state index contributed by atoms with van der Waals surface area (Å²) in [6.45, 7) is 0. The van der Waals surface area contributed by atoms with Gasteiger partial charge in [-0.05, 0) is 42.9 Å². The Balaban J connectivity index is 1.72. The first-order valence-corrected chi connectivity index (χ1v) is 9.05. The van der Waals surface area contributed by atoms with Gasteiger partial charge in [-0.15, -0.1) is 0 Å². The molecule has 1 aliphatic heterocycles. The Kier molecular flexibility index (Phi) is 4.56. The molecule has 1 heterocycles. The first kappa shape index (κ1) is 16.6. The average molecular weight is 358 g/mol. The molecular formula is C16H17ClFNO3S. The van der Waals surface area contributed by atoms with Crippen LogP contribution in [0.5, 0.6) is 0 Å². The number of thioether (sulfide) groups is 1. The number of rotatable bonds is 4.